The Labute approximate surface area is 169 Å². The minimum Gasteiger partial charge on any atom is -0.378 e. The number of benzene rings is 2. The van der Waals surface area contributed by atoms with Crippen LogP contribution in [0.25, 0.3) is 10.9 Å². The monoisotopic (exact) mass is 389 g/mol. The van der Waals surface area contributed by atoms with Crippen molar-refractivity contribution >= 4 is 22.7 Å². The second-order valence-corrected chi connectivity index (χ2v) is 7.52. The Bertz CT molecular complexity index is 1070. The Morgan fingerprint density at radius 1 is 1.03 bits per heavy atom. The van der Waals surface area contributed by atoms with Gasteiger partial charge in [0.1, 0.15) is 0 Å². The number of aromatic amines is 1. The summed E-state index contributed by atoms with van der Waals surface area (Å²) in [5, 5.41) is 1.10. The molecule has 2 aliphatic rings. The van der Waals surface area contributed by atoms with E-state index in [1.54, 1.807) is 0 Å². The van der Waals surface area contributed by atoms with Crippen molar-refractivity contribution in [2.45, 2.75) is 12.5 Å². The van der Waals surface area contributed by atoms with Crippen LogP contribution in [0.5, 0.6) is 0 Å². The van der Waals surface area contributed by atoms with Gasteiger partial charge in [0, 0.05) is 54.3 Å². The van der Waals surface area contributed by atoms with Crippen molar-refractivity contribution < 1.29 is 14.3 Å². The molecule has 0 radical (unpaired) electrons. The predicted molar refractivity (Wildman–Crippen MR) is 110 cm³/mol. The smallest absolute Gasteiger partial charge is 0.255 e. The maximum atomic E-state index is 13.2. The molecule has 29 heavy (non-hydrogen) atoms. The van der Waals surface area contributed by atoms with Crippen molar-refractivity contribution in [1.82, 2.24) is 14.8 Å². The fraction of sp³-hybridized carbons (Fsp3) is 0.304. The molecule has 6 nitrogen and oxygen atoms in total. The minimum atomic E-state index is -0.188. The minimum absolute atomic E-state index is 0.00865. The summed E-state index contributed by atoms with van der Waals surface area (Å²) in [5.74, 6) is 0.0698. The third kappa shape index (κ3) is 3.09. The zero-order valence-corrected chi connectivity index (χ0v) is 16.1. The topological polar surface area (TPSA) is 65.6 Å². The molecular formula is C23H23N3O3. The summed E-state index contributed by atoms with van der Waals surface area (Å²) < 4.78 is 5.33. The molecule has 148 valence electrons. The van der Waals surface area contributed by atoms with Gasteiger partial charge in [-0.1, -0.05) is 36.4 Å². The molecule has 2 amide bonds. The van der Waals surface area contributed by atoms with Gasteiger partial charge in [-0.3, -0.25) is 9.59 Å². The fourth-order valence-electron chi connectivity index (χ4n) is 4.44. The van der Waals surface area contributed by atoms with Crippen LogP contribution in [0.3, 0.4) is 0 Å². The number of amides is 2. The van der Waals surface area contributed by atoms with Crippen LogP contribution in [0.4, 0.5) is 0 Å². The lowest BCUT2D eigenvalue weighted by molar-refractivity contribution is -0.135. The van der Waals surface area contributed by atoms with Crippen LogP contribution < -0.4 is 0 Å². The van der Waals surface area contributed by atoms with Crippen molar-refractivity contribution in [1.29, 1.82) is 0 Å². The molecule has 2 aromatic carbocycles. The highest BCUT2D eigenvalue weighted by Gasteiger charge is 2.38. The predicted octanol–water partition coefficient (Wildman–Crippen LogP) is 2.96. The van der Waals surface area contributed by atoms with Gasteiger partial charge in [0.15, 0.2) is 0 Å². The zero-order valence-electron chi connectivity index (χ0n) is 16.1. The van der Waals surface area contributed by atoms with E-state index in [9.17, 15) is 9.59 Å². The number of nitrogens with zero attached hydrogens (tertiary/aromatic N) is 2. The lowest BCUT2D eigenvalue weighted by atomic mass is 9.97. The van der Waals surface area contributed by atoms with Gasteiger partial charge in [-0.2, -0.15) is 0 Å². The average molecular weight is 389 g/mol. The van der Waals surface area contributed by atoms with Crippen molar-refractivity contribution in [3.8, 4) is 0 Å². The summed E-state index contributed by atoms with van der Waals surface area (Å²) in [5.41, 5.74) is 3.84. The molecule has 0 aliphatic carbocycles. The first kappa shape index (κ1) is 17.9. The number of hydrogen-bond donors (Lipinski definition) is 1. The third-order valence-corrected chi connectivity index (χ3v) is 5.90. The number of morpholine rings is 1. The molecule has 1 atom stereocenters. The van der Waals surface area contributed by atoms with Crippen LogP contribution in [0.1, 0.15) is 33.9 Å². The van der Waals surface area contributed by atoms with Crippen LogP contribution in [0.15, 0.2) is 54.7 Å². The fourth-order valence-corrected chi connectivity index (χ4v) is 4.44. The summed E-state index contributed by atoms with van der Waals surface area (Å²) in [4.78, 5) is 32.9. The highest BCUT2D eigenvalue weighted by molar-refractivity contribution is 6.01. The molecule has 1 aromatic heterocycles. The molecule has 0 spiro atoms. The molecule has 5 rings (SSSR count). The number of carbonyl (C=O) groups excluding carboxylic acids is 2. The summed E-state index contributed by atoms with van der Waals surface area (Å²) in [6.45, 7) is 2.81. The lowest BCUT2D eigenvalue weighted by Crippen LogP contribution is -2.42. The van der Waals surface area contributed by atoms with E-state index in [2.05, 4.69) is 11.1 Å². The number of para-hydroxylation sites is 1. The van der Waals surface area contributed by atoms with Gasteiger partial charge >= 0.3 is 0 Å². The third-order valence-electron chi connectivity index (χ3n) is 5.90. The highest BCUT2D eigenvalue weighted by atomic mass is 16.5. The standard InChI is InChI=1S/C23H23N3O3/c27-21(25-11-13-29-14-12-25)9-10-26-22(17-6-1-2-7-18(17)23(26)28)19-15-24-20-8-4-3-5-16(19)20/h1-8,15,22,24H,9-14H2/t22-/m0/s1. The molecule has 3 heterocycles. The van der Waals surface area contributed by atoms with Crippen molar-refractivity contribution in [2.24, 2.45) is 0 Å². The molecule has 6 heteroatoms. The first-order valence-corrected chi connectivity index (χ1v) is 10.1. The Morgan fingerprint density at radius 3 is 2.66 bits per heavy atom. The number of rotatable bonds is 4. The summed E-state index contributed by atoms with van der Waals surface area (Å²) >= 11 is 0. The molecule has 1 saturated heterocycles. The Morgan fingerprint density at radius 2 is 1.79 bits per heavy atom. The van der Waals surface area contributed by atoms with E-state index < -0.39 is 0 Å². The molecule has 0 bridgehead atoms. The van der Waals surface area contributed by atoms with Gasteiger partial charge in [-0.25, -0.2) is 0 Å². The molecule has 3 aromatic rings. The van der Waals surface area contributed by atoms with E-state index in [0.717, 1.165) is 27.6 Å². The number of ether oxygens (including phenoxy) is 1. The van der Waals surface area contributed by atoms with E-state index >= 15 is 0 Å². The number of hydrogen-bond acceptors (Lipinski definition) is 3. The van der Waals surface area contributed by atoms with E-state index in [1.807, 2.05) is 58.5 Å². The number of H-pyrrole nitrogens is 1. The first-order chi connectivity index (χ1) is 14.2. The lowest BCUT2D eigenvalue weighted by Gasteiger charge is -2.29. The van der Waals surface area contributed by atoms with Crippen LogP contribution in [0, 0.1) is 0 Å². The Kier molecular flexibility index (Phi) is 4.56. The number of fused-ring (bicyclic) bond motifs is 2. The molecule has 1 fully saturated rings. The van der Waals surface area contributed by atoms with Gasteiger partial charge in [0.25, 0.3) is 5.91 Å². The van der Waals surface area contributed by atoms with Crippen LogP contribution >= 0.6 is 0 Å². The van der Waals surface area contributed by atoms with Gasteiger partial charge < -0.3 is 19.5 Å². The first-order valence-electron chi connectivity index (χ1n) is 10.1. The summed E-state index contributed by atoms with van der Waals surface area (Å²) in [7, 11) is 0. The van der Waals surface area contributed by atoms with Crippen LogP contribution in [0.2, 0.25) is 0 Å². The molecule has 0 saturated carbocycles. The van der Waals surface area contributed by atoms with Crippen molar-refractivity contribution in [3.05, 3.63) is 71.4 Å². The molecular weight excluding hydrogens is 366 g/mol. The van der Waals surface area contributed by atoms with E-state index in [0.29, 0.717) is 39.3 Å². The summed E-state index contributed by atoms with van der Waals surface area (Å²) in [6.07, 6.45) is 2.31. The van der Waals surface area contributed by atoms with Gasteiger partial charge in [0.05, 0.1) is 19.3 Å². The van der Waals surface area contributed by atoms with E-state index in [-0.39, 0.29) is 17.9 Å². The largest absolute Gasteiger partial charge is 0.378 e. The van der Waals surface area contributed by atoms with E-state index in [1.165, 1.54) is 0 Å². The maximum absolute atomic E-state index is 13.2. The maximum Gasteiger partial charge on any atom is 0.255 e. The Balaban J connectivity index is 1.46. The number of carbonyl (C=O) groups is 2. The van der Waals surface area contributed by atoms with Crippen LogP contribution in [-0.2, 0) is 9.53 Å². The molecule has 0 unspecified atom stereocenters. The quantitative estimate of drug-likeness (QED) is 0.746. The molecule has 2 aliphatic heterocycles. The van der Waals surface area contributed by atoms with Gasteiger partial charge in [0.2, 0.25) is 5.91 Å². The van der Waals surface area contributed by atoms with Crippen molar-refractivity contribution in [2.75, 3.05) is 32.8 Å². The van der Waals surface area contributed by atoms with Crippen molar-refractivity contribution in [3.63, 3.8) is 0 Å². The Hall–Kier alpha value is -3.12. The summed E-state index contributed by atoms with van der Waals surface area (Å²) in [6, 6.07) is 15.7. The molecule has 1 N–H and O–H groups in total. The van der Waals surface area contributed by atoms with Gasteiger partial charge in [-0.15, -0.1) is 0 Å². The normalized spacial score (nSPS) is 19.0. The SMILES string of the molecule is O=C(CCN1C(=O)c2ccccc2[C@H]1c1c[nH]c2ccccc12)N1CCOCC1. The second kappa shape index (κ2) is 7.37. The van der Waals surface area contributed by atoms with E-state index in [4.69, 9.17) is 4.74 Å². The number of nitrogens with one attached hydrogen (secondary N) is 1. The number of aromatic nitrogens is 1. The average Bonchev–Trinajstić information content (AvgIpc) is 3.31. The van der Waals surface area contributed by atoms with Crippen LogP contribution in [-0.4, -0.2) is 59.4 Å². The van der Waals surface area contributed by atoms with Gasteiger partial charge in [-0.05, 0) is 17.7 Å². The zero-order chi connectivity index (χ0) is 19.8. The highest BCUT2D eigenvalue weighted by Crippen LogP contribution is 2.41. The second-order valence-electron chi connectivity index (χ2n) is 7.52.